The molecule has 3 N–H and O–H groups in total. The summed E-state index contributed by atoms with van der Waals surface area (Å²) in [4.78, 5) is 11.4. The van der Waals surface area contributed by atoms with Gasteiger partial charge in [0.2, 0.25) is 5.91 Å². The average Bonchev–Trinajstić information content (AvgIpc) is 2.36. The van der Waals surface area contributed by atoms with E-state index in [1.54, 1.807) is 11.8 Å². The fraction of sp³-hybridized carbons (Fsp3) is 0.462. The van der Waals surface area contributed by atoms with Crippen LogP contribution in [0.5, 0.6) is 0 Å². The number of nitrogens with two attached hydrogens (primary N) is 1. The quantitative estimate of drug-likeness (QED) is 0.688. The molecular weight excluding hydrogens is 232 g/mol. The summed E-state index contributed by atoms with van der Waals surface area (Å²) in [6.07, 6.45) is 1.99. The van der Waals surface area contributed by atoms with Gasteiger partial charge in [-0.3, -0.25) is 4.79 Å². The van der Waals surface area contributed by atoms with E-state index in [1.807, 2.05) is 18.2 Å². The van der Waals surface area contributed by atoms with E-state index in [0.717, 1.165) is 25.1 Å². The number of nitrogens with one attached hydrogen (secondary N) is 1. The lowest BCUT2D eigenvalue weighted by Crippen LogP contribution is -2.26. The van der Waals surface area contributed by atoms with E-state index in [2.05, 4.69) is 17.4 Å². The van der Waals surface area contributed by atoms with Gasteiger partial charge in [0.05, 0.1) is 5.75 Å². The standard InChI is InChI=1S/C13H20N2OS/c14-8-10-17-11-13(16)15-9-4-7-12-5-2-1-3-6-12/h1-3,5-6H,4,7-11,14H2,(H,15,16). The second-order valence-electron chi connectivity index (χ2n) is 3.78. The normalized spacial score (nSPS) is 10.2. The largest absolute Gasteiger partial charge is 0.355 e. The molecular formula is C13H20N2OS. The summed E-state index contributed by atoms with van der Waals surface area (Å²) in [7, 11) is 0. The molecule has 0 fully saturated rings. The number of benzene rings is 1. The lowest BCUT2D eigenvalue weighted by atomic mass is 10.1. The second kappa shape index (κ2) is 9.07. The van der Waals surface area contributed by atoms with E-state index in [4.69, 9.17) is 5.73 Å². The van der Waals surface area contributed by atoms with Crippen molar-refractivity contribution < 1.29 is 4.79 Å². The van der Waals surface area contributed by atoms with Crippen molar-refractivity contribution in [2.75, 3.05) is 24.6 Å². The van der Waals surface area contributed by atoms with Gasteiger partial charge in [-0.25, -0.2) is 0 Å². The minimum absolute atomic E-state index is 0.108. The molecule has 3 nitrogen and oxygen atoms in total. The number of aryl methyl sites for hydroxylation is 1. The third-order valence-corrected chi connectivity index (χ3v) is 3.29. The minimum atomic E-state index is 0.108. The lowest BCUT2D eigenvalue weighted by Gasteiger charge is -2.05. The van der Waals surface area contributed by atoms with Gasteiger partial charge in [-0.1, -0.05) is 30.3 Å². The molecule has 4 heteroatoms. The van der Waals surface area contributed by atoms with Crippen LogP contribution >= 0.6 is 11.8 Å². The highest BCUT2D eigenvalue weighted by Crippen LogP contribution is 2.01. The minimum Gasteiger partial charge on any atom is -0.355 e. The zero-order valence-electron chi connectivity index (χ0n) is 10.0. The topological polar surface area (TPSA) is 55.1 Å². The first kappa shape index (κ1) is 14.1. The highest BCUT2D eigenvalue weighted by atomic mass is 32.2. The van der Waals surface area contributed by atoms with Crippen LogP contribution < -0.4 is 11.1 Å². The van der Waals surface area contributed by atoms with Gasteiger partial charge >= 0.3 is 0 Å². The van der Waals surface area contributed by atoms with E-state index >= 15 is 0 Å². The Balaban J connectivity index is 2.02. The van der Waals surface area contributed by atoms with Gasteiger partial charge in [-0.05, 0) is 18.4 Å². The molecule has 17 heavy (non-hydrogen) atoms. The van der Waals surface area contributed by atoms with Crippen molar-refractivity contribution in [2.45, 2.75) is 12.8 Å². The Morgan fingerprint density at radius 3 is 2.76 bits per heavy atom. The van der Waals surface area contributed by atoms with Crippen LogP contribution in [0, 0.1) is 0 Å². The molecule has 0 aliphatic heterocycles. The molecule has 1 amide bonds. The zero-order valence-corrected chi connectivity index (χ0v) is 10.8. The first-order valence-electron chi connectivity index (χ1n) is 5.91. The maximum Gasteiger partial charge on any atom is 0.229 e. The van der Waals surface area contributed by atoms with E-state index in [-0.39, 0.29) is 5.91 Å². The van der Waals surface area contributed by atoms with Crippen molar-refractivity contribution in [1.29, 1.82) is 0 Å². The predicted molar refractivity (Wildman–Crippen MR) is 74.2 cm³/mol. The molecule has 0 bridgehead atoms. The highest BCUT2D eigenvalue weighted by molar-refractivity contribution is 7.99. The van der Waals surface area contributed by atoms with Crippen molar-refractivity contribution in [3.05, 3.63) is 35.9 Å². The summed E-state index contributed by atoms with van der Waals surface area (Å²) < 4.78 is 0. The van der Waals surface area contributed by atoms with Crippen LogP contribution in [-0.4, -0.2) is 30.5 Å². The van der Waals surface area contributed by atoms with Crippen molar-refractivity contribution in [1.82, 2.24) is 5.32 Å². The van der Waals surface area contributed by atoms with Crippen molar-refractivity contribution in [3.8, 4) is 0 Å². The summed E-state index contributed by atoms with van der Waals surface area (Å²) in [6.45, 7) is 1.38. The summed E-state index contributed by atoms with van der Waals surface area (Å²) in [5.41, 5.74) is 6.67. The first-order valence-corrected chi connectivity index (χ1v) is 7.07. The maximum absolute atomic E-state index is 11.4. The Morgan fingerprint density at radius 1 is 1.29 bits per heavy atom. The molecule has 0 aliphatic rings. The second-order valence-corrected chi connectivity index (χ2v) is 4.89. The maximum atomic E-state index is 11.4. The van der Waals surface area contributed by atoms with Gasteiger partial charge in [-0.15, -0.1) is 0 Å². The molecule has 0 radical (unpaired) electrons. The van der Waals surface area contributed by atoms with E-state index in [0.29, 0.717) is 12.3 Å². The molecule has 0 unspecified atom stereocenters. The van der Waals surface area contributed by atoms with Gasteiger partial charge < -0.3 is 11.1 Å². The van der Waals surface area contributed by atoms with Gasteiger partial charge in [0, 0.05) is 18.8 Å². The van der Waals surface area contributed by atoms with Crippen LogP contribution in [0.25, 0.3) is 0 Å². The predicted octanol–water partition coefficient (Wildman–Crippen LogP) is 1.43. The molecule has 0 aromatic heterocycles. The van der Waals surface area contributed by atoms with Crippen LogP contribution in [-0.2, 0) is 11.2 Å². The Morgan fingerprint density at radius 2 is 2.06 bits per heavy atom. The highest BCUT2D eigenvalue weighted by Gasteiger charge is 1.99. The molecule has 0 saturated heterocycles. The van der Waals surface area contributed by atoms with Crippen LogP contribution in [0.1, 0.15) is 12.0 Å². The first-order chi connectivity index (χ1) is 8.33. The number of hydrogen-bond donors (Lipinski definition) is 2. The molecule has 1 rings (SSSR count). The van der Waals surface area contributed by atoms with Gasteiger partial charge in [0.1, 0.15) is 0 Å². The summed E-state index contributed by atoms with van der Waals surface area (Å²) in [5, 5.41) is 2.91. The Hall–Kier alpha value is -1.00. The zero-order chi connectivity index (χ0) is 12.3. The number of hydrogen-bond acceptors (Lipinski definition) is 3. The molecule has 1 aromatic carbocycles. The average molecular weight is 252 g/mol. The number of amides is 1. The molecule has 0 heterocycles. The van der Waals surface area contributed by atoms with Crippen LogP contribution in [0.15, 0.2) is 30.3 Å². The number of carbonyl (C=O) groups excluding carboxylic acids is 1. The molecule has 94 valence electrons. The SMILES string of the molecule is NCCSCC(=O)NCCCc1ccccc1. The summed E-state index contributed by atoms with van der Waals surface area (Å²) >= 11 is 1.58. The number of carbonyl (C=O) groups is 1. The van der Waals surface area contributed by atoms with E-state index < -0.39 is 0 Å². The van der Waals surface area contributed by atoms with Crippen LogP contribution in [0.3, 0.4) is 0 Å². The Bertz CT molecular complexity index is 316. The van der Waals surface area contributed by atoms with Crippen LogP contribution in [0.4, 0.5) is 0 Å². The third kappa shape index (κ3) is 7.02. The molecule has 0 aliphatic carbocycles. The molecule has 0 saturated carbocycles. The monoisotopic (exact) mass is 252 g/mol. The summed E-state index contributed by atoms with van der Waals surface area (Å²) in [6, 6.07) is 10.3. The van der Waals surface area contributed by atoms with E-state index in [1.165, 1.54) is 5.56 Å². The van der Waals surface area contributed by atoms with Gasteiger partial charge in [-0.2, -0.15) is 11.8 Å². The smallest absolute Gasteiger partial charge is 0.229 e. The third-order valence-electron chi connectivity index (χ3n) is 2.30. The lowest BCUT2D eigenvalue weighted by molar-refractivity contribution is -0.118. The van der Waals surface area contributed by atoms with Gasteiger partial charge in [0.25, 0.3) is 0 Å². The number of thioether (sulfide) groups is 1. The van der Waals surface area contributed by atoms with E-state index in [9.17, 15) is 4.79 Å². The fourth-order valence-electron chi connectivity index (χ4n) is 1.46. The Kier molecular flexibility index (Phi) is 7.51. The summed E-state index contributed by atoms with van der Waals surface area (Å²) in [5.74, 6) is 1.47. The van der Waals surface area contributed by atoms with Crippen molar-refractivity contribution in [2.24, 2.45) is 5.73 Å². The molecule has 0 atom stereocenters. The van der Waals surface area contributed by atoms with Gasteiger partial charge in [0.15, 0.2) is 0 Å². The van der Waals surface area contributed by atoms with Crippen molar-refractivity contribution in [3.63, 3.8) is 0 Å². The fourth-order valence-corrected chi connectivity index (χ4v) is 2.06. The van der Waals surface area contributed by atoms with Crippen LogP contribution in [0.2, 0.25) is 0 Å². The molecule has 1 aromatic rings. The molecule has 0 spiro atoms. The van der Waals surface area contributed by atoms with Crippen molar-refractivity contribution >= 4 is 17.7 Å². The Labute approximate surface area is 107 Å². The number of rotatable bonds is 8.